The average molecular weight is 450 g/mol. The van der Waals surface area contributed by atoms with Gasteiger partial charge in [0.1, 0.15) is 11.6 Å². The molecule has 0 saturated carbocycles. The number of fused-ring (bicyclic) bond motifs is 1. The van der Waals surface area contributed by atoms with E-state index in [2.05, 4.69) is 25.4 Å². The van der Waals surface area contributed by atoms with Crippen LogP contribution in [0.5, 0.6) is 5.75 Å². The number of ether oxygens (including phenoxy) is 1. The van der Waals surface area contributed by atoms with E-state index in [-0.39, 0.29) is 5.02 Å². The molecule has 3 aromatic heterocycles. The topological polar surface area (TPSA) is 82.2 Å². The molecule has 160 valence electrons. The van der Waals surface area contributed by atoms with E-state index >= 15 is 0 Å². The van der Waals surface area contributed by atoms with E-state index in [0.717, 1.165) is 17.1 Å². The monoisotopic (exact) mass is 449 g/mol. The zero-order chi connectivity index (χ0) is 22.2. The maximum atomic E-state index is 13.6. The van der Waals surface area contributed by atoms with Crippen LogP contribution in [0.2, 0.25) is 5.02 Å². The zero-order valence-electron chi connectivity index (χ0n) is 17.1. The second kappa shape index (κ2) is 7.93. The van der Waals surface area contributed by atoms with Crippen LogP contribution in [0.4, 0.5) is 16.0 Å². The highest BCUT2D eigenvalue weighted by Crippen LogP contribution is 2.29. The van der Waals surface area contributed by atoms with E-state index in [4.69, 9.17) is 16.3 Å². The van der Waals surface area contributed by atoms with Gasteiger partial charge in [0.25, 0.3) is 5.78 Å². The number of halogens is 2. The fourth-order valence-electron chi connectivity index (χ4n) is 3.37. The minimum atomic E-state index is -0.482. The van der Waals surface area contributed by atoms with Crippen LogP contribution in [0.1, 0.15) is 5.69 Å². The van der Waals surface area contributed by atoms with Crippen LogP contribution in [0.3, 0.4) is 0 Å². The van der Waals surface area contributed by atoms with Crippen LogP contribution in [0.15, 0.2) is 61.2 Å². The van der Waals surface area contributed by atoms with E-state index < -0.39 is 5.82 Å². The fourth-order valence-corrected chi connectivity index (χ4v) is 3.55. The quantitative estimate of drug-likeness (QED) is 0.414. The predicted octanol–water partition coefficient (Wildman–Crippen LogP) is 4.83. The zero-order valence-corrected chi connectivity index (χ0v) is 17.9. The first-order chi connectivity index (χ1) is 15.5. The molecule has 0 unspecified atom stereocenters. The lowest BCUT2D eigenvalue weighted by Crippen LogP contribution is -1.99. The van der Waals surface area contributed by atoms with E-state index in [0.29, 0.717) is 28.7 Å². The van der Waals surface area contributed by atoms with Crippen LogP contribution >= 0.6 is 11.6 Å². The molecule has 0 atom stereocenters. The normalized spacial score (nSPS) is 11.1. The molecule has 0 aliphatic carbocycles. The second-order valence-corrected chi connectivity index (χ2v) is 7.45. The Morgan fingerprint density at radius 3 is 2.72 bits per heavy atom. The molecule has 2 aromatic carbocycles. The second-order valence-electron chi connectivity index (χ2n) is 7.04. The first kappa shape index (κ1) is 20.0. The summed E-state index contributed by atoms with van der Waals surface area (Å²) in [6.07, 6.45) is 5.27. The van der Waals surface area contributed by atoms with Gasteiger partial charge < -0.3 is 14.6 Å². The molecule has 5 aromatic rings. The summed E-state index contributed by atoms with van der Waals surface area (Å²) in [7, 11) is 1.61. The Labute approximate surface area is 187 Å². The Kier molecular flexibility index (Phi) is 4.95. The molecule has 0 aliphatic heterocycles. The molecule has 5 rings (SSSR count). The molecule has 32 heavy (non-hydrogen) atoms. The van der Waals surface area contributed by atoms with Crippen molar-refractivity contribution in [3.8, 4) is 22.7 Å². The Bertz CT molecular complexity index is 1450. The first-order valence-electron chi connectivity index (χ1n) is 9.65. The van der Waals surface area contributed by atoms with Gasteiger partial charge >= 0.3 is 0 Å². The number of anilines is 2. The standard InChI is InChI=1S/C22H17ClFN7O/c1-13-11-30(12-26-13)19-6-4-15(10-20(19)32-2)27-21-28-22-25-8-7-18(31(22)29-21)14-3-5-17(24)16(23)9-14/h3-12H,1-2H3,(H,27,29). The van der Waals surface area contributed by atoms with Crippen molar-refractivity contribution in [1.29, 1.82) is 0 Å². The highest BCUT2D eigenvalue weighted by Gasteiger charge is 2.13. The summed E-state index contributed by atoms with van der Waals surface area (Å²) < 4.78 is 22.6. The van der Waals surface area contributed by atoms with Gasteiger partial charge in [-0.3, -0.25) is 0 Å². The van der Waals surface area contributed by atoms with Gasteiger partial charge in [-0.25, -0.2) is 14.4 Å². The number of aryl methyl sites for hydroxylation is 1. The van der Waals surface area contributed by atoms with Crippen LogP contribution in [-0.2, 0) is 0 Å². The summed E-state index contributed by atoms with van der Waals surface area (Å²) in [5, 5.41) is 7.73. The molecule has 3 heterocycles. The first-order valence-corrected chi connectivity index (χ1v) is 10.0. The maximum absolute atomic E-state index is 13.6. The van der Waals surface area contributed by atoms with Gasteiger partial charge in [0.15, 0.2) is 0 Å². The van der Waals surface area contributed by atoms with Crippen molar-refractivity contribution >= 4 is 29.0 Å². The molecule has 0 fully saturated rings. The van der Waals surface area contributed by atoms with Gasteiger partial charge in [-0.05, 0) is 43.3 Å². The van der Waals surface area contributed by atoms with E-state index in [1.165, 1.54) is 6.07 Å². The smallest absolute Gasteiger partial charge is 0.254 e. The van der Waals surface area contributed by atoms with Crippen molar-refractivity contribution in [3.05, 3.63) is 77.7 Å². The lowest BCUT2D eigenvalue weighted by Gasteiger charge is -2.11. The van der Waals surface area contributed by atoms with Gasteiger partial charge in [-0.2, -0.15) is 9.50 Å². The third-order valence-corrected chi connectivity index (χ3v) is 5.17. The molecule has 0 aliphatic rings. The number of rotatable bonds is 5. The SMILES string of the molecule is COc1cc(Nc2nc3nccc(-c4ccc(F)c(Cl)c4)n3n2)ccc1-n1cnc(C)c1. The number of methoxy groups -OCH3 is 1. The van der Waals surface area contributed by atoms with Gasteiger partial charge in [0.2, 0.25) is 5.95 Å². The number of imidazole rings is 1. The number of hydrogen-bond acceptors (Lipinski definition) is 6. The van der Waals surface area contributed by atoms with Crippen molar-refractivity contribution in [3.63, 3.8) is 0 Å². The minimum absolute atomic E-state index is 0.0335. The number of hydrogen-bond donors (Lipinski definition) is 1. The molecule has 0 saturated heterocycles. The molecule has 0 spiro atoms. The summed E-state index contributed by atoms with van der Waals surface area (Å²) in [5.74, 6) is 0.926. The summed E-state index contributed by atoms with van der Waals surface area (Å²) in [6.45, 7) is 1.93. The lowest BCUT2D eigenvalue weighted by molar-refractivity contribution is 0.413. The van der Waals surface area contributed by atoms with E-state index in [9.17, 15) is 4.39 Å². The summed E-state index contributed by atoms with van der Waals surface area (Å²) >= 11 is 5.95. The summed E-state index contributed by atoms with van der Waals surface area (Å²) in [4.78, 5) is 13.0. The van der Waals surface area contributed by atoms with Gasteiger partial charge in [-0.1, -0.05) is 11.6 Å². The van der Waals surface area contributed by atoms with Crippen molar-refractivity contribution in [2.24, 2.45) is 0 Å². The van der Waals surface area contributed by atoms with Crippen molar-refractivity contribution in [2.45, 2.75) is 6.92 Å². The van der Waals surface area contributed by atoms with E-state index in [1.807, 2.05) is 35.9 Å². The van der Waals surface area contributed by atoms with Gasteiger partial charge in [-0.15, -0.1) is 5.10 Å². The van der Waals surface area contributed by atoms with Crippen molar-refractivity contribution in [1.82, 2.24) is 29.1 Å². The molecular formula is C22H17ClFN7O. The fraction of sp³-hybridized carbons (Fsp3) is 0.0909. The number of nitrogens with one attached hydrogen (secondary N) is 1. The Balaban J connectivity index is 1.49. The molecule has 10 heteroatoms. The Hall–Kier alpha value is -3.98. The van der Waals surface area contributed by atoms with Crippen LogP contribution in [-0.4, -0.2) is 36.2 Å². The highest BCUT2D eigenvalue weighted by molar-refractivity contribution is 6.31. The highest BCUT2D eigenvalue weighted by atomic mass is 35.5. The molecule has 8 nitrogen and oxygen atoms in total. The third-order valence-electron chi connectivity index (χ3n) is 4.88. The van der Waals surface area contributed by atoms with Crippen LogP contribution in [0, 0.1) is 12.7 Å². The molecule has 1 N–H and O–H groups in total. The molecule has 0 radical (unpaired) electrons. The Morgan fingerprint density at radius 2 is 1.97 bits per heavy atom. The largest absolute Gasteiger partial charge is 0.494 e. The number of aromatic nitrogens is 6. The number of benzene rings is 2. The van der Waals surface area contributed by atoms with Crippen LogP contribution < -0.4 is 10.1 Å². The van der Waals surface area contributed by atoms with Crippen LogP contribution in [0.25, 0.3) is 22.7 Å². The molecular weight excluding hydrogens is 433 g/mol. The summed E-state index contributed by atoms with van der Waals surface area (Å²) in [6, 6.07) is 11.9. The minimum Gasteiger partial charge on any atom is -0.494 e. The Morgan fingerprint density at radius 1 is 1.09 bits per heavy atom. The lowest BCUT2D eigenvalue weighted by atomic mass is 10.1. The van der Waals surface area contributed by atoms with Gasteiger partial charge in [0, 0.05) is 29.7 Å². The molecule has 0 bridgehead atoms. The van der Waals surface area contributed by atoms with E-state index in [1.54, 1.807) is 42.3 Å². The average Bonchev–Trinajstić information content (AvgIpc) is 3.41. The maximum Gasteiger partial charge on any atom is 0.254 e. The number of nitrogens with zero attached hydrogens (tertiary/aromatic N) is 6. The summed E-state index contributed by atoms with van der Waals surface area (Å²) in [5.41, 5.74) is 3.89. The van der Waals surface area contributed by atoms with Crippen molar-refractivity contribution < 1.29 is 9.13 Å². The van der Waals surface area contributed by atoms with Crippen molar-refractivity contribution in [2.75, 3.05) is 12.4 Å². The third kappa shape index (κ3) is 3.63. The molecule has 0 amide bonds. The van der Waals surface area contributed by atoms with Gasteiger partial charge in [0.05, 0.1) is 35.5 Å². The predicted molar refractivity (Wildman–Crippen MR) is 119 cm³/mol.